The van der Waals surface area contributed by atoms with Crippen molar-refractivity contribution in [2.24, 2.45) is 4.99 Å². The lowest BCUT2D eigenvalue weighted by atomic mass is 10.1. The first-order valence-electron chi connectivity index (χ1n) is 8.82. The van der Waals surface area contributed by atoms with Crippen molar-refractivity contribution >= 4 is 29.9 Å². The van der Waals surface area contributed by atoms with Crippen LogP contribution in [0.15, 0.2) is 47.5 Å². The van der Waals surface area contributed by atoms with Crippen LogP contribution < -0.4 is 20.1 Å². The van der Waals surface area contributed by atoms with E-state index in [4.69, 9.17) is 9.47 Å². The van der Waals surface area contributed by atoms with Gasteiger partial charge in [-0.25, -0.2) is 4.39 Å². The summed E-state index contributed by atoms with van der Waals surface area (Å²) in [5, 5.41) is 6.63. The second-order valence-electron chi connectivity index (χ2n) is 6.53. The molecule has 1 unspecified atom stereocenters. The fourth-order valence-corrected chi connectivity index (χ4v) is 2.93. The number of likely N-dealkylation sites (N-methyl/N-ethyl adjacent to an activating group) is 1. The van der Waals surface area contributed by atoms with Crippen LogP contribution in [0.3, 0.4) is 0 Å². The van der Waals surface area contributed by atoms with Crippen LogP contribution in [0.5, 0.6) is 11.5 Å². The van der Waals surface area contributed by atoms with Crippen molar-refractivity contribution in [3.8, 4) is 11.5 Å². The maximum Gasteiger partial charge on any atom is 0.231 e. The Kier molecular flexibility index (Phi) is 8.31. The summed E-state index contributed by atoms with van der Waals surface area (Å²) in [6, 6.07) is 12.5. The molecule has 0 saturated heterocycles. The summed E-state index contributed by atoms with van der Waals surface area (Å²) in [6.07, 6.45) is 0. The second kappa shape index (κ2) is 10.5. The van der Waals surface area contributed by atoms with Crippen LogP contribution in [0.2, 0.25) is 0 Å². The van der Waals surface area contributed by atoms with Gasteiger partial charge in [0.1, 0.15) is 5.82 Å². The molecule has 0 radical (unpaired) electrons. The smallest absolute Gasteiger partial charge is 0.231 e. The molecule has 1 aliphatic rings. The van der Waals surface area contributed by atoms with E-state index in [1.807, 2.05) is 44.4 Å². The van der Waals surface area contributed by atoms with Crippen molar-refractivity contribution in [2.45, 2.75) is 12.6 Å². The number of aliphatic imine (C=N–C) groups is 1. The van der Waals surface area contributed by atoms with Gasteiger partial charge in [-0.3, -0.25) is 4.99 Å². The highest BCUT2D eigenvalue weighted by Gasteiger charge is 2.16. The van der Waals surface area contributed by atoms with Crippen molar-refractivity contribution in [1.82, 2.24) is 15.5 Å². The fraction of sp³-hybridized carbons (Fsp3) is 0.350. The fourth-order valence-electron chi connectivity index (χ4n) is 2.93. The Bertz CT molecular complexity index is 799. The van der Waals surface area contributed by atoms with Crippen LogP contribution in [-0.2, 0) is 6.54 Å². The predicted octanol–water partition coefficient (Wildman–Crippen LogP) is 3.14. The Balaban J connectivity index is 0.00000280. The number of hydrogen-bond acceptors (Lipinski definition) is 4. The Labute approximate surface area is 182 Å². The number of rotatable bonds is 6. The number of fused-ring (bicyclic) bond motifs is 1. The first kappa shape index (κ1) is 22.2. The molecule has 1 heterocycles. The molecule has 0 spiro atoms. The molecule has 2 aromatic carbocycles. The molecule has 2 aromatic rings. The third kappa shape index (κ3) is 5.71. The van der Waals surface area contributed by atoms with E-state index in [-0.39, 0.29) is 42.6 Å². The summed E-state index contributed by atoms with van der Waals surface area (Å²) < 4.78 is 23.9. The number of nitrogens with zero attached hydrogens (tertiary/aromatic N) is 2. The van der Waals surface area contributed by atoms with Gasteiger partial charge >= 0.3 is 0 Å². The third-order valence-corrected chi connectivity index (χ3v) is 4.46. The highest BCUT2D eigenvalue weighted by molar-refractivity contribution is 14.0. The minimum absolute atomic E-state index is 0. The molecule has 0 aromatic heterocycles. The van der Waals surface area contributed by atoms with Crippen molar-refractivity contribution in [3.05, 3.63) is 59.4 Å². The molecule has 8 heteroatoms. The van der Waals surface area contributed by atoms with Gasteiger partial charge in [0.15, 0.2) is 17.5 Å². The summed E-state index contributed by atoms with van der Waals surface area (Å²) in [5.74, 6) is 2.00. The molecule has 0 saturated carbocycles. The molecule has 3 rings (SSSR count). The van der Waals surface area contributed by atoms with Gasteiger partial charge in [-0.15, -0.1) is 24.0 Å². The lowest BCUT2D eigenvalue weighted by molar-refractivity contribution is 0.174. The molecule has 152 valence electrons. The van der Waals surface area contributed by atoms with Gasteiger partial charge in [-0.05, 0) is 49.5 Å². The lowest BCUT2D eigenvalue weighted by Gasteiger charge is -2.26. The highest BCUT2D eigenvalue weighted by Crippen LogP contribution is 2.32. The van der Waals surface area contributed by atoms with E-state index in [1.165, 1.54) is 12.1 Å². The number of halogens is 2. The Hall–Kier alpha value is -2.07. The molecule has 28 heavy (non-hydrogen) atoms. The van der Waals surface area contributed by atoms with Crippen LogP contribution in [0, 0.1) is 5.82 Å². The molecule has 0 fully saturated rings. The monoisotopic (exact) mass is 500 g/mol. The molecule has 0 aliphatic carbocycles. The van der Waals surface area contributed by atoms with Crippen LogP contribution in [0.1, 0.15) is 17.2 Å². The van der Waals surface area contributed by atoms with E-state index in [2.05, 4.69) is 20.5 Å². The van der Waals surface area contributed by atoms with E-state index in [0.29, 0.717) is 19.0 Å². The summed E-state index contributed by atoms with van der Waals surface area (Å²) in [7, 11) is 5.73. The summed E-state index contributed by atoms with van der Waals surface area (Å²) >= 11 is 0. The van der Waals surface area contributed by atoms with Gasteiger partial charge in [0, 0.05) is 20.1 Å². The third-order valence-electron chi connectivity index (χ3n) is 4.46. The van der Waals surface area contributed by atoms with Crippen LogP contribution >= 0.6 is 24.0 Å². The number of guanidine groups is 1. The maximum atomic E-state index is 13.2. The Morgan fingerprint density at radius 2 is 1.82 bits per heavy atom. The largest absolute Gasteiger partial charge is 0.454 e. The Morgan fingerprint density at radius 1 is 1.11 bits per heavy atom. The SMILES string of the molecule is CN=C(NCc1ccc2c(c1)OCO2)NCC(c1ccc(F)cc1)N(C)C.I. The maximum absolute atomic E-state index is 13.2. The van der Waals surface area contributed by atoms with Gasteiger partial charge in [-0.2, -0.15) is 0 Å². The number of nitrogens with one attached hydrogen (secondary N) is 2. The van der Waals surface area contributed by atoms with Crippen LogP contribution in [0.25, 0.3) is 0 Å². The molecule has 0 amide bonds. The van der Waals surface area contributed by atoms with Crippen molar-refractivity contribution in [2.75, 3.05) is 34.5 Å². The number of ether oxygens (including phenoxy) is 2. The van der Waals surface area contributed by atoms with Gasteiger partial charge < -0.3 is 25.0 Å². The number of hydrogen-bond donors (Lipinski definition) is 2. The van der Waals surface area contributed by atoms with Gasteiger partial charge in [0.25, 0.3) is 0 Å². The van der Waals surface area contributed by atoms with E-state index >= 15 is 0 Å². The normalized spacial score (nSPS) is 13.8. The van der Waals surface area contributed by atoms with E-state index < -0.39 is 0 Å². The molecule has 0 bridgehead atoms. The predicted molar refractivity (Wildman–Crippen MR) is 119 cm³/mol. The van der Waals surface area contributed by atoms with Crippen molar-refractivity contribution in [3.63, 3.8) is 0 Å². The van der Waals surface area contributed by atoms with E-state index in [1.54, 1.807) is 7.05 Å². The summed E-state index contributed by atoms with van der Waals surface area (Å²) in [5.41, 5.74) is 2.12. The molecule has 6 nitrogen and oxygen atoms in total. The molecular weight excluding hydrogens is 474 g/mol. The summed E-state index contributed by atoms with van der Waals surface area (Å²) in [6.45, 7) is 1.52. The molecule has 2 N–H and O–H groups in total. The zero-order valence-corrected chi connectivity index (χ0v) is 18.6. The van der Waals surface area contributed by atoms with Crippen molar-refractivity contribution < 1.29 is 13.9 Å². The van der Waals surface area contributed by atoms with Crippen LogP contribution in [0.4, 0.5) is 4.39 Å². The van der Waals surface area contributed by atoms with Gasteiger partial charge in [-0.1, -0.05) is 18.2 Å². The number of benzene rings is 2. The lowest BCUT2D eigenvalue weighted by Crippen LogP contribution is -2.41. The topological polar surface area (TPSA) is 58.1 Å². The quantitative estimate of drug-likeness (QED) is 0.363. The highest BCUT2D eigenvalue weighted by atomic mass is 127. The average molecular weight is 500 g/mol. The van der Waals surface area contributed by atoms with Crippen molar-refractivity contribution in [1.29, 1.82) is 0 Å². The minimum atomic E-state index is -0.231. The molecule has 1 aliphatic heterocycles. The van der Waals surface area contributed by atoms with Gasteiger partial charge in [0.2, 0.25) is 6.79 Å². The zero-order valence-electron chi connectivity index (χ0n) is 16.2. The minimum Gasteiger partial charge on any atom is -0.454 e. The summed E-state index contributed by atoms with van der Waals surface area (Å²) in [4.78, 5) is 6.36. The molecule has 1 atom stereocenters. The first-order valence-corrected chi connectivity index (χ1v) is 8.82. The zero-order chi connectivity index (χ0) is 19.2. The van der Waals surface area contributed by atoms with E-state index in [0.717, 1.165) is 22.6 Å². The van der Waals surface area contributed by atoms with Gasteiger partial charge in [0.05, 0.1) is 6.04 Å². The second-order valence-corrected chi connectivity index (χ2v) is 6.53. The average Bonchev–Trinajstić information content (AvgIpc) is 3.13. The van der Waals surface area contributed by atoms with E-state index in [9.17, 15) is 4.39 Å². The first-order chi connectivity index (χ1) is 13.1. The molecular formula is C20H26FIN4O2. The standard InChI is InChI=1S/C20H25FN4O2.HI/c1-22-20(23-11-14-4-9-18-19(10-14)27-13-26-18)24-12-17(25(2)3)15-5-7-16(21)8-6-15;/h4-10,17H,11-13H2,1-3H3,(H2,22,23,24);1H. The Morgan fingerprint density at radius 3 is 2.50 bits per heavy atom. The van der Waals surface area contributed by atoms with Crippen LogP contribution in [-0.4, -0.2) is 45.3 Å².